The van der Waals surface area contributed by atoms with Gasteiger partial charge in [0.1, 0.15) is 22.9 Å². The van der Waals surface area contributed by atoms with Crippen molar-refractivity contribution in [2.45, 2.75) is 6.04 Å². The van der Waals surface area contributed by atoms with Crippen molar-refractivity contribution < 1.29 is 9.13 Å². The maximum absolute atomic E-state index is 13.2. The van der Waals surface area contributed by atoms with Crippen molar-refractivity contribution in [3.05, 3.63) is 80.4 Å². The topological polar surface area (TPSA) is 65.1 Å². The first-order chi connectivity index (χ1) is 15.9. The van der Waals surface area contributed by atoms with Gasteiger partial charge in [0.25, 0.3) is 10.9 Å². The average Bonchev–Trinajstić information content (AvgIpc) is 2.84. The Morgan fingerprint density at radius 2 is 1.55 bits per heavy atom. The van der Waals surface area contributed by atoms with Crippen LogP contribution < -0.4 is 30.7 Å². The molecule has 174 valence electrons. The Morgan fingerprint density at radius 1 is 0.939 bits per heavy atom. The SMILES string of the molecule is COc1ccc(C(CNc2c(N3CCN(c4ccc(F)cc4)CC3)c(=O)c2=O)N(C)C)cc1. The van der Waals surface area contributed by atoms with Crippen molar-refractivity contribution in [1.29, 1.82) is 0 Å². The molecule has 3 aromatic rings. The molecule has 0 radical (unpaired) electrons. The summed E-state index contributed by atoms with van der Waals surface area (Å²) in [5, 5.41) is 3.24. The van der Waals surface area contributed by atoms with Gasteiger partial charge in [0.15, 0.2) is 0 Å². The zero-order valence-corrected chi connectivity index (χ0v) is 19.2. The number of hydrogen-bond donors (Lipinski definition) is 1. The van der Waals surface area contributed by atoms with Gasteiger partial charge in [-0.25, -0.2) is 4.39 Å². The molecule has 1 atom stereocenters. The van der Waals surface area contributed by atoms with Crippen LogP contribution in [0.3, 0.4) is 0 Å². The van der Waals surface area contributed by atoms with E-state index in [0.717, 1.165) is 17.0 Å². The maximum atomic E-state index is 13.2. The molecule has 0 aromatic heterocycles. The molecule has 33 heavy (non-hydrogen) atoms. The number of benzene rings is 2. The Balaban J connectivity index is 1.43. The lowest BCUT2D eigenvalue weighted by Gasteiger charge is -2.38. The monoisotopic (exact) mass is 452 g/mol. The van der Waals surface area contributed by atoms with Crippen LogP contribution in [0.25, 0.3) is 0 Å². The number of piperazine rings is 1. The molecule has 4 rings (SSSR count). The number of likely N-dealkylation sites (N-methyl/N-ethyl adjacent to an activating group) is 1. The number of hydrogen-bond acceptors (Lipinski definition) is 7. The molecular formula is C25H29FN4O3. The third-order valence-electron chi connectivity index (χ3n) is 6.27. The van der Waals surface area contributed by atoms with Gasteiger partial charge in [0.05, 0.1) is 13.2 Å². The van der Waals surface area contributed by atoms with Gasteiger partial charge in [-0.1, -0.05) is 12.1 Å². The van der Waals surface area contributed by atoms with Crippen LogP contribution in [-0.2, 0) is 0 Å². The number of anilines is 3. The van der Waals surface area contributed by atoms with Gasteiger partial charge in [0.2, 0.25) is 0 Å². The summed E-state index contributed by atoms with van der Waals surface area (Å²) in [6, 6.07) is 14.3. The Morgan fingerprint density at radius 3 is 2.12 bits per heavy atom. The van der Waals surface area contributed by atoms with E-state index in [0.29, 0.717) is 44.1 Å². The summed E-state index contributed by atoms with van der Waals surface area (Å²) in [6.45, 7) is 3.11. The van der Waals surface area contributed by atoms with E-state index in [-0.39, 0.29) is 11.9 Å². The second-order valence-electron chi connectivity index (χ2n) is 8.47. The van der Waals surface area contributed by atoms with E-state index >= 15 is 0 Å². The molecule has 3 aromatic carbocycles. The molecule has 7 nitrogen and oxygen atoms in total. The third-order valence-corrected chi connectivity index (χ3v) is 6.27. The zero-order valence-electron chi connectivity index (χ0n) is 19.2. The van der Waals surface area contributed by atoms with Crippen molar-refractivity contribution in [2.75, 3.05) is 69.0 Å². The summed E-state index contributed by atoms with van der Waals surface area (Å²) in [7, 11) is 5.59. The minimum absolute atomic E-state index is 0.0171. The lowest BCUT2D eigenvalue weighted by atomic mass is 10.0. The second kappa shape index (κ2) is 9.62. The van der Waals surface area contributed by atoms with Crippen LogP contribution in [-0.4, -0.2) is 58.8 Å². The quantitative estimate of drug-likeness (QED) is 0.527. The molecule has 1 saturated heterocycles. The van der Waals surface area contributed by atoms with Gasteiger partial charge in [-0.2, -0.15) is 0 Å². The van der Waals surface area contributed by atoms with Crippen molar-refractivity contribution >= 4 is 17.1 Å². The van der Waals surface area contributed by atoms with Crippen LogP contribution in [0, 0.1) is 5.82 Å². The van der Waals surface area contributed by atoms with Gasteiger partial charge >= 0.3 is 0 Å². The molecule has 1 fully saturated rings. The fourth-order valence-electron chi connectivity index (χ4n) is 4.31. The molecule has 1 aliphatic heterocycles. The van der Waals surface area contributed by atoms with Crippen molar-refractivity contribution in [3.8, 4) is 5.75 Å². The Kier molecular flexibility index (Phi) is 6.65. The van der Waals surface area contributed by atoms with Gasteiger partial charge in [-0.05, 0) is 56.1 Å². The summed E-state index contributed by atoms with van der Waals surface area (Å²) in [4.78, 5) is 31.0. The first-order valence-corrected chi connectivity index (χ1v) is 11.0. The highest BCUT2D eigenvalue weighted by atomic mass is 19.1. The second-order valence-corrected chi connectivity index (χ2v) is 8.47. The predicted molar refractivity (Wildman–Crippen MR) is 130 cm³/mol. The smallest absolute Gasteiger partial charge is 0.253 e. The van der Waals surface area contributed by atoms with Gasteiger partial charge in [0, 0.05) is 38.4 Å². The van der Waals surface area contributed by atoms with Crippen molar-refractivity contribution in [1.82, 2.24) is 4.90 Å². The molecule has 0 saturated carbocycles. The lowest BCUT2D eigenvalue weighted by molar-refractivity contribution is 0.311. The van der Waals surface area contributed by atoms with E-state index in [1.807, 2.05) is 43.3 Å². The summed E-state index contributed by atoms with van der Waals surface area (Å²) < 4.78 is 18.4. The number of nitrogens with one attached hydrogen (secondary N) is 1. The first-order valence-electron chi connectivity index (χ1n) is 11.0. The number of halogens is 1. The normalized spacial score (nSPS) is 15.2. The van der Waals surface area contributed by atoms with Crippen molar-refractivity contribution in [3.63, 3.8) is 0 Å². The summed E-state index contributed by atoms with van der Waals surface area (Å²) in [6.07, 6.45) is 0. The molecule has 0 aliphatic carbocycles. The molecular weight excluding hydrogens is 423 g/mol. The third kappa shape index (κ3) is 4.71. The van der Waals surface area contributed by atoms with Gasteiger partial charge in [-0.15, -0.1) is 0 Å². The van der Waals surface area contributed by atoms with Crippen LogP contribution in [0.5, 0.6) is 5.75 Å². The van der Waals surface area contributed by atoms with Gasteiger partial charge < -0.3 is 24.8 Å². The summed E-state index contributed by atoms with van der Waals surface area (Å²) >= 11 is 0. The van der Waals surface area contributed by atoms with E-state index in [1.54, 1.807) is 19.2 Å². The van der Waals surface area contributed by atoms with E-state index < -0.39 is 10.9 Å². The lowest BCUT2D eigenvalue weighted by Crippen LogP contribution is -2.51. The van der Waals surface area contributed by atoms with Crippen LogP contribution in [0.4, 0.5) is 21.5 Å². The summed E-state index contributed by atoms with van der Waals surface area (Å²) in [5.41, 5.74) is 2.02. The minimum atomic E-state index is -0.460. The standard InChI is InChI=1S/C25H29FN4O3/c1-28(2)21(17-4-10-20(33-3)11-5-17)16-27-22-23(25(32)24(22)31)30-14-12-29(13-15-30)19-8-6-18(26)7-9-19/h4-11,21,27H,12-16H2,1-3H3. The van der Waals surface area contributed by atoms with E-state index in [4.69, 9.17) is 4.74 Å². The molecule has 1 aliphatic rings. The van der Waals surface area contributed by atoms with Crippen LogP contribution in [0.15, 0.2) is 58.1 Å². The van der Waals surface area contributed by atoms with Crippen LogP contribution >= 0.6 is 0 Å². The molecule has 0 bridgehead atoms. The molecule has 1 N–H and O–H groups in total. The number of nitrogens with zero attached hydrogens (tertiary/aromatic N) is 3. The highest BCUT2D eigenvalue weighted by Gasteiger charge is 2.29. The van der Waals surface area contributed by atoms with Gasteiger partial charge in [-0.3, -0.25) is 9.59 Å². The minimum Gasteiger partial charge on any atom is -0.497 e. The largest absolute Gasteiger partial charge is 0.497 e. The van der Waals surface area contributed by atoms with Crippen LogP contribution in [0.1, 0.15) is 11.6 Å². The van der Waals surface area contributed by atoms with Crippen LogP contribution in [0.2, 0.25) is 0 Å². The fourth-order valence-corrected chi connectivity index (χ4v) is 4.31. The molecule has 8 heteroatoms. The fraction of sp³-hybridized carbons (Fsp3) is 0.360. The number of rotatable bonds is 8. The number of ether oxygens (including phenoxy) is 1. The van der Waals surface area contributed by atoms with E-state index in [1.165, 1.54) is 12.1 Å². The van der Waals surface area contributed by atoms with E-state index in [9.17, 15) is 14.0 Å². The molecule has 1 heterocycles. The molecule has 1 unspecified atom stereocenters. The zero-order chi connectivity index (χ0) is 23.5. The highest BCUT2D eigenvalue weighted by molar-refractivity contribution is 5.75. The Hall–Kier alpha value is -3.39. The average molecular weight is 453 g/mol. The summed E-state index contributed by atoms with van der Waals surface area (Å²) in [5.74, 6) is 0.524. The first kappa shape index (κ1) is 22.8. The predicted octanol–water partition coefficient (Wildman–Crippen LogP) is 2.47. The number of methoxy groups -OCH3 is 1. The highest BCUT2D eigenvalue weighted by Crippen LogP contribution is 2.26. The maximum Gasteiger partial charge on any atom is 0.253 e. The Bertz CT molecular complexity index is 1150. The molecule has 0 spiro atoms. The molecule has 0 amide bonds. The van der Waals surface area contributed by atoms with E-state index in [2.05, 4.69) is 15.1 Å². The Labute approximate surface area is 192 Å². The van der Waals surface area contributed by atoms with Crippen molar-refractivity contribution in [2.24, 2.45) is 0 Å².